The molecule has 0 radical (unpaired) electrons. The minimum absolute atomic E-state index is 0.0177. The maximum atomic E-state index is 12.3. The standard InChI is InChI=1S/C13H12ClN3O2S2/c1-8-7-20-13(16-8)9(2)17-21(18,19)12-4-3-10(6-15)5-11(12)14/h3-5,7,9,17H,1-2H3. The molecule has 8 heteroatoms. The van der Waals surface area contributed by atoms with E-state index in [4.69, 9.17) is 16.9 Å². The van der Waals surface area contributed by atoms with Gasteiger partial charge in [0.05, 0.1) is 22.7 Å². The van der Waals surface area contributed by atoms with Crippen LogP contribution in [-0.2, 0) is 10.0 Å². The fourth-order valence-corrected chi connectivity index (χ4v) is 4.34. The van der Waals surface area contributed by atoms with Crippen LogP contribution in [0.3, 0.4) is 0 Å². The molecule has 1 N–H and O–H groups in total. The molecule has 0 amide bonds. The number of rotatable bonds is 4. The number of nitriles is 1. The third-order valence-electron chi connectivity index (χ3n) is 2.69. The second-order valence-corrected chi connectivity index (χ2v) is 7.41. The Morgan fingerprint density at radius 3 is 2.71 bits per heavy atom. The summed E-state index contributed by atoms with van der Waals surface area (Å²) in [5.41, 5.74) is 1.15. The van der Waals surface area contributed by atoms with Crippen LogP contribution in [0.2, 0.25) is 5.02 Å². The third kappa shape index (κ3) is 3.60. The van der Waals surface area contributed by atoms with Crippen LogP contribution in [0.1, 0.15) is 29.2 Å². The lowest BCUT2D eigenvalue weighted by Crippen LogP contribution is -2.27. The van der Waals surface area contributed by atoms with Crippen LogP contribution in [0.5, 0.6) is 0 Å². The number of aromatic nitrogens is 1. The summed E-state index contributed by atoms with van der Waals surface area (Å²) < 4.78 is 27.2. The van der Waals surface area contributed by atoms with Crippen LogP contribution in [0.25, 0.3) is 0 Å². The number of aryl methyl sites for hydroxylation is 1. The molecule has 0 fully saturated rings. The summed E-state index contributed by atoms with van der Waals surface area (Å²) in [6, 6.07) is 5.52. The van der Waals surface area contributed by atoms with E-state index in [1.165, 1.54) is 29.5 Å². The highest BCUT2D eigenvalue weighted by molar-refractivity contribution is 7.89. The average molecular weight is 342 g/mol. The van der Waals surface area contributed by atoms with Crippen LogP contribution >= 0.6 is 22.9 Å². The summed E-state index contributed by atoms with van der Waals surface area (Å²) in [5, 5.41) is 11.3. The number of nitrogens with one attached hydrogen (secondary N) is 1. The monoisotopic (exact) mass is 341 g/mol. The van der Waals surface area contributed by atoms with Crippen molar-refractivity contribution in [1.29, 1.82) is 5.26 Å². The van der Waals surface area contributed by atoms with Gasteiger partial charge in [-0.3, -0.25) is 0 Å². The van der Waals surface area contributed by atoms with E-state index in [2.05, 4.69) is 9.71 Å². The second-order valence-electron chi connectivity index (χ2n) is 4.43. The zero-order chi connectivity index (χ0) is 15.6. The normalized spacial score (nSPS) is 12.9. The highest BCUT2D eigenvalue weighted by Gasteiger charge is 2.22. The van der Waals surface area contributed by atoms with E-state index in [1.807, 2.05) is 18.4 Å². The van der Waals surface area contributed by atoms with Gasteiger partial charge >= 0.3 is 0 Å². The molecule has 1 atom stereocenters. The fraction of sp³-hybridized carbons (Fsp3) is 0.231. The van der Waals surface area contributed by atoms with Gasteiger partial charge in [-0.1, -0.05) is 11.6 Å². The number of thiazole rings is 1. The first-order valence-electron chi connectivity index (χ1n) is 5.97. The highest BCUT2D eigenvalue weighted by Crippen LogP contribution is 2.25. The molecule has 0 saturated carbocycles. The first kappa shape index (κ1) is 15.9. The Hall–Kier alpha value is -1.46. The minimum atomic E-state index is -3.78. The fourth-order valence-electron chi connectivity index (χ4n) is 1.71. The van der Waals surface area contributed by atoms with E-state index in [9.17, 15) is 8.42 Å². The van der Waals surface area contributed by atoms with E-state index in [-0.39, 0.29) is 9.92 Å². The van der Waals surface area contributed by atoms with Gasteiger partial charge < -0.3 is 0 Å². The van der Waals surface area contributed by atoms with Crippen LogP contribution in [0.15, 0.2) is 28.5 Å². The topological polar surface area (TPSA) is 82.9 Å². The lowest BCUT2D eigenvalue weighted by Gasteiger charge is -2.13. The number of nitrogens with zero attached hydrogens (tertiary/aromatic N) is 2. The van der Waals surface area contributed by atoms with E-state index in [0.29, 0.717) is 10.6 Å². The quantitative estimate of drug-likeness (QED) is 0.926. The third-order valence-corrected chi connectivity index (χ3v) is 5.86. The molecule has 21 heavy (non-hydrogen) atoms. The maximum Gasteiger partial charge on any atom is 0.242 e. The molecule has 1 unspecified atom stereocenters. The van der Waals surface area contributed by atoms with Gasteiger partial charge in [0, 0.05) is 11.1 Å². The van der Waals surface area contributed by atoms with Crippen molar-refractivity contribution in [1.82, 2.24) is 9.71 Å². The van der Waals surface area contributed by atoms with Crippen molar-refractivity contribution in [2.75, 3.05) is 0 Å². The molecule has 110 valence electrons. The second kappa shape index (κ2) is 6.12. The molecule has 1 heterocycles. The van der Waals surface area contributed by atoms with Crippen molar-refractivity contribution in [2.24, 2.45) is 0 Å². The number of sulfonamides is 1. The first-order valence-corrected chi connectivity index (χ1v) is 8.71. The number of halogens is 1. The van der Waals surface area contributed by atoms with E-state index < -0.39 is 16.1 Å². The predicted octanol–water partition coefficient (Wildman–Crippen LogP) is 3.02. The molecule has 1 aromatic heterocycles. The van der Waals surface area contributed by atoms with Crippen LogP contribution < -0.4 is 4.72 Å². The maximum absolute atomic E-state index is 12.3. The van der Waals surface area contributed by atoms with Gasteiger partial charge in [-0.05, 0) is 32.0 Å². The van der Waals surface area contributed by atoms with Gasteiger partial charge in [0.25, 0.3) is 0 Å². The van der Waals surface area contributed by atoms with E-state index in [1.54, 1.807) is 6.92 Å². The Morgan fingerprint density at radius 2 is 2.19 bits per heavy atom. The first-order chi connectivity index (χ1) is 9.83. The van der Waals surface area contributed by atoms with Crippen molar-refractivity contribution < 1.29 is 8.42 Å². The molecule has 5 nitrogen and oxygen atoms in total. The van der Waals surface area contributed by atoms with Crippen molar-refractivity contribution in [2.45, 2.75) is 24.8 Å². The zero-order valence-corrected chi connectivity index (χ0v) is 13.7. The van der Waals surface area contributed by atoms with Gasteiger partial charge in [-0.2, -0.15) is 5.26 Å². The van der Waals surface area contributed by atoms with Gasteiger partial charge in [-0.25, -0.2) is 18.1 Å². The summed E-state index contributed by atoms with van der Waals surface area (Å²) in [4.78, 5) is 4.20. The van der Waals surface area contributed by atoms with Crippen molar-refractivity contribution in [3.63, 3.8) is 0 Å². The van der Waals surface area contributed by atoms with Crippen LogP contribution in [-0.4, -0.2) is 13.4 Å². The molecule has 1 aromatic carbocycles. The molecule has 0 aliphatic rings. The lowest BCUT2D eigenvalue weighted by molar-refractivity contribution is 0.566. The molecular formula is C13H12ClN3O2S2. The Morgan fingerprint density at radius 1 is 1.48 bits per heavy atom. The zero-order valence-electron chi connectivity index (χ0n) is 11.3. The lowest BCUT2D eigenvalue weighted by atomic mass is 10.2. The molecule has 0 aliphatic carbocycles. The average Bonchev–Trinajstić information content (AvgIpc) is 2.84. The van der Waals surface area contributed by atoms with Gasteiger partial charge in [-0.15, -0.1) is 11.3 Å². The summed E-state index contributed by atoms with van der Waals surface area (Å²) in [7, 11) is -3.78. The smallest absolute Gasteiger partial charge is 0.242 e. The summed E-state index contributed by atoms with van der Waals surface area (Å²) in [6.07, 6.45) is 0. The molecule has 0 spiro atoms. The Labute approximate surface area is 132 Å². The van der Waals surface area contributed by atoms with Gasteiger partial charge in [0.2, 0.25) is 10.0 Å². The highest BCUT2D eigenvalue weighted by atomic mass is 35.5. The Balaban J connectivity index is 2.28. The van der Waals surface area contributed by atoms with Crippen molar-refractivity contribution >= 4 is 33.0 Å². The number of hydrogen-bond donors (Lipinski definition) is 1. The Kier molecular flexibility index (Phi) is 4.64. The molecule has 2 rings (SSSR count). The molecule has 0 bridgehead atoms. The SMILES string of the molecule is Cc1csc(C(C)NS(=O)(=O)c2ccc(C#N)cc2Cl)n1. The summed E-state index contributed by atoms with van der Waals surface area (Å²) in [6.45, 7) is 3.56. The Bertz CT molecular complexity index is 809. The van der Waals surface area contributed by atoms with Crippen LogP contribution in [0, 0.1) is 18.3 Å². The van der Waals surface area contributed by atoms with E-state index in [0.717, 1.165) is 5.69 Å². The largest absolute Gasteiger partial charge is 0.245 e. The summed E-state index contributed by atoms with van der Waals surface area (Å²) >= 11 is 7.33. The minimum Gasteiger partial charge on any atom is -0.245 e. The van der Waals surface area contributed by atoms with Gasteiger partial charge in [0.15, 0.2) is 0 Å². The number of benzene rings is 1. The van der Waals surface area contributed by atoms with Crippen LogP contribution in [0.4, 0.5) is 0 Å². The molecule has 2 aromatic rings. The molecular weight excluding hydrogens is 330 g/mol. The predicted molar refractivity (Wildman–Crippen MR) is 81.8 cm³/mol. The summed E-state index contributed by atoms with van der Waals surface area (Å²) in [5.74, 6) is 0. The van der Waals surface area contributed by atoms with Crippen molar-refractivity contribution in [3.05, 3.63) is 44.9 Å². The number of hydrogen-bond acceptors (Lipinski definition) is 5. The molecule has 0 aliphatic heterocycles. The van der Waals surface area contributed by atoms with E-state index >= 15 is 0 Å². The van der Waals surface area contributed by atoms with Crippen molar-refractivity contribution in [3.8, 4) is 6.07 Å². The van der Waals surface area contributed by atoms with Gasteiger partial charge in [0.1, 0.15) is 9.90 Å². The molecule has 0 saturated heterocycles.